The van der Waals surface area contributed by atoms with Crippen LogP contribution < -0.4 is 0 Å². The molecule has 28 heavy (non-hydrogen) atoms. The van der Waals surface area contributed by atoms with Crippen LogP contribution in [0.5, 0.6) is 0 Å². The van der Waals surface area contributed by atoms with Crippen LogP contribution in [0.3, 0.4) is 0 Å². The summed E-state index contributed by atoms with van der Waals surface area (Å²) in [4.78, 5) is 4.93. The molecule has 2 atom stereocenters. The molecular formula is C25H43N2O+. The Morgan fingerprint density at radius 3 is 2.00 bits per heavy atom. The molecule has 0 aliphatic carbocycles. The second kappa shape index (κ2) is 13.1. The Kier molecular flexibility index (Phi) is 10.8. The normalized spacial score (nSPS) is 21.8. The molecule has 1 aromatic carbocycles. The van der Waals surface area contributed by atoms with Gasteiger partial charge in [-0.15, -0.1) is 4.65 Å². The number of amidine groups is 1. The highest BCUT2D eigenvalue weighted by atomic mass is 16.5. The van der Waals surface area contributed by atoms with Crippen molar-refractivity contribution in [1.82, 2.24) is 0 Å². The van der Waals surface area contributed by atoms with E-state index in [1.165, 1.54) is 76.2 Å². The van der Waals surface area contributed by atoms with Crippen LogP contribution in [-0.4, -0.2) is 34.8 Å². The molecule has 0 saturated carbocycles. The van der Waals surface area contributed by atoms with Gasteiger partial charge >= 0.3 is 0 Å². The van der Waals surface area contributed by atoms with Crippen molar-refractivity contribution in [2.24, 2.45) is 4.99 Å². The van der Waals surface area contributed by atoms with E-state index >= 15 is 0 Å². The van der Waals surface area contributed by atoms with Crippen LogP contribution in [0.1, 0.15) is 96.5 Å². The van der Waals surface area contributed by atoms with Crippen molar-refractivity contribution in [2.75, 3.05) is 13.1 Å². The second-order valence-electron chi connectivity index (χ2n) is 8.61. The molecule has 2 rings (SSSR count). The maximum absolute atomic E-state index is 11.0. The topological polar surface area (TPSA) is 32.6 Å². The summed E-state index contributed by atoms with van der Waals surface area (Å²) in [6, 6.07) is 10.7. The van der Waals surface area contributed by atoms with Gasteiger partial charge in [-0.1, -0.05) is 108 Å². The van der Waals surface area contributed by atoms with Gasteiger partial charge in [0, 0.05) is 0 Å². The third-order valence-electron chi connectivity index (χ3n) is 6.19. The SMILES string of the molecule is CCCCCCCCCCCCCC1C[N+](O)(CC)C(Cc2ccccc2)=N1. The summed E-state index contributed by atoms with van der Waals surface area (Å²) in [7, 11) is 0. The number of nitrogens with zero attached hydrogens (tertiary/aromatic N) is 2. The summed E-state index contributed by atoms with van der Waals surface area (Å²) in [5.74, 6) is 0.946. The maximum Gasteiger partial charge on any atom is 0.235 e. The largest absolute Gasteiger partial charge is 0.235 e. The summed E-state index contributed by atoms with van der Waals surface area (Å²) in [6.45, 7) is 5.81. The minimum atomic E-state index is 0.0393. The molecule has 0 spiro atoms. The monoisotopic (exact) mass is 387 g/mol. The van der Waals surface area contributed by atoms with Crippen LogP contribution in [0.4, 0.5) is 0 Å². The molecular weight excluding hydrogens is 344 g/mol. The molecule has 1 heterocycles. The maximum atomic E-state index is 11.0. The highest BCUT2D eigenvalue weighted by Crippen LogP contribution is 2.23. The molecule has 0 bridgehead atoms. The lowest BCUT2D eigenvalue weighted by Crippen LogP contribution is -2.49. The van der Waals surface area contributed by atoms with Gasteiger partial charge in [0.2, 0.25) is 5.84 Å². The van der Waals surface area contributed by atoms with E-state index < -0.39 is 0 Å². The molecule has 0 aromatic heterocycles. The van der Waals surface area contributed by atoms with E-state index in [2.05, 4.69) is 38.1 Å². The van der Waals surface area contributed by atoms with Gasteiger partial charge in [-0.25, -0.2) is 10.2 Å². The number of hydrogen-bond acceptors (Lipinski definition) is 2. The van der Waals surface area contributed by atoms with E-state index in [1.807, 2.05) is 6.07 Å². The Bertz CT molecular complexity index is 557. The minimum absolute atomic E-state index is 0.0393. The number of unbranched alkanes of at least 4 members (excludes halogenated alkanes) is 10. The van der Waals surface area contributed by atoms with Crippen molar-refractivity contribution in [3.05, 3.63) is 35.9 Å². The number of aliphatic imine (C=N–C) groups is 1. The lowest BCUT2D eigenvalue weighted by atomic mass is 10.0. The smallest absolute Gasteiger partial charge is 0.226 e. The zero-order valence-electron chi connectivity index (χ0n) is 18.4. The highest BCUT2D eigenvalue weighted by molar-refractivity contribution is 5.79. The molecule has 0 saturated heterocycles. The van der Waals surface area contributed by atoms with Crippen molar-refractivity contribution >= 4 is 5.84 Å². The average molecular weight is 388 g/mol. The fourth-order valence-corrected chi connectivity index (χ4v) is 4.30. The number of hydrogen-bond donors (Lipinski definition) is 1. The van der Waals surface area contributed by atoms with Crippen LogP contribution in [-0.2, 0) is 6.42 Å². The lowest BCUT2D eigenvalue weighted by molar-refractivity contribution is -1.03. The number of benzene rings is 1. The third kappa shape index (κ3) is 8.05. The molecule has 0 fully saturated rings. The van der Waals surface area contributed by atoms with Gasteiger partial charge in [-0.2, -0.15) is 0 Å². The molecule has 158 valence electrons. The molecule has 1 aliphatic rings. The van der Waals surface area contributed by atoms with Crippen LogP contribution in [0.2, 0.25) is 0 Å². The van der Waals surface area contributed by atoms with E-state index in [1.54, 1.807) is 0 Å². The van der Waals surface area contributed by atoms with Crippen LogP contribution >= 0.6 is 0 Å². The molecule has 1 aliphatic heterocycles. The van der Waals surface area contributed by atoms with Gasteiger partial charge < -0.3 is 0 Å². The van der Waals surface area contributed by atoms with Crippen molar-refractivity contribution in [2.45, 2.75) is 103 Å². The molecule has 0 amide bonds. The van der Waals surface area contributed by atoms with Crippen molar-refractivity contribution < 1.29 is 9.85 Å². The number of likely N-dealkylation sites (N-methyl/N-ethyl adjacent to an activating group) is 1. The first kappa shape index (κ1) is 23.1. The lowest BCUT2D eigenvalue weighted by Gasteiger charge is -2.24. The Balaban J connectivity index is 1.61. The van der Waals surface area contributed by atoms with Gasteiger partial charge in [0.15, 0.2) is 0 Å². The molecule has 1 N–H and O–H groups in total. The second-order valence-corrected chi connectivity index (χ2v) is 8.61. The fraction of sp³-hybridized carbons (Fsp3) is 0.720. The predicted molar refractivity (Wildman–Crippen MR) is 120 cm³/mol. The number of hydroxylamine groups is 3. The van der Waals surface area contributed by atoms with Gasteiger partial charge in [-0.3, -0.25) is 0 Å². The van der Waals surface area contributed by atoms with E-state index in [-0.39, 0.29) is 4.65 Å². The molecule has 3 heteroatoms. The van der Waals surface area contributed by atoms with E-state index in [0.717, 1.165) is 25.2 Å². The fourth-order valence-electron chi connectivity index (χ4n) is 4.30. The van der Waals surface area contributed by atoms with Gasteiger partial charge in [0.05, 0.1) is 6.42 Å². The van der Waals surface area contributed by atoms with E-state index in [0.29, 0.717) is 12.6 Å². The van der Waals surface area contributed by atoms with Gasteiger partial charge in [0.1, 0.15) is 19.1 Å². The number of rotatable bonds is 15. The molecule has 3 nitrogen and oxygen atoms in total. The first-order valence-corrected chi connectivity index (χ1v) is 11.9. The first-order chi connectivity index (χ1) is 13.7. The first-order valence-electron chi connectivity index (χ1n) is 11.9. The van der Waals surface area contributed by atoms with Crippen LogP contribution in [0, 0.1) is 0 Å². The quantitative estimate of drug-likeness (QED) is 0.257. The van der Waals surface area contributed by atoms with Crippen molar-refractivity contribution in [3.63, 3.8) is 0 Å². The minimum Gasteiger partial charge on any atom is -0.226 e. The summed E-state index contributed by atoms with van der Waals surface area (Å²) in [5, 5.41) is 11.0. The molecule has 1 aromatic rings. The van der Waals surface area contributed by atoms with Crippen molar-refractivity contribution in [1.29, 1.82) is 0 Å². The van der Waals surface area contributed by atoms with E-state index in [4.69, 9.17) is 4.99 Å². The van der Waals surface area contributed by atoms with Crippen LogP contribution in [0.15, 0.2) is 35.3 Å². The summed E-state index contributed by atoms with van der Waals surface area (Å²) < 4.78 is 0.0393. The average Bonchev–Trinajstić information content (AvgIpc) is 3.03. The Labute approximate surface area is 173 Å². The van der Waals surface area contributed by atoms with Crippen molar-refractivity contribution in [3.8, 4) is 0 Å². The zero-order valence-corrected chi connectivity index (χ0v) is 18.4. The van der Waals surface area contributed by atoms with E-state index in [9.17, 15) is 5.21 Å². The standard InChI is InChI=1S/C25H43N2O/c1-3-5-6-7-8-9-10-11-12-13-17-20-24-22-27(28,4-2)25(26-24)21-23-18-15-14-16-19-23/h14-16,18-19,24,28H,3-13,17,20-22H2,1-2H3/q+1. The molecule has 0 radical (unpaired) electrons. The number of quaternary nitrogens is 1. The zero-order chi connectivity index (χ0) is 20.1. The third-order valence-corrected chi connectivity index (χ3v) is 6.19. The Morgan fingerprint density at radius 2 is 1.43 bits per heavy atom. The van der Waals surface area contributed by atoms with Gasteiger partial charge in [-0.05, 0) is 18.9 Å². The Hall–Kier alpha value is -1.19. The summed E-state index contributed by atoms with van der Waals surface area (Å²) in [6.07, 6.45) is 17.0. The summed E-state index contributed by atoms with van der Waals surface area (Å²) >= 11 is 0. The highest BCUT2D eigenvalue weighted by Gasteiger charge is 2.40. The molecule has 2 unspecified atom stereocenters. The summed E-state index contributed by atoms with van der Waals surface area (Å²) in [5.41, 5.74) is 1.24. The van der Waals surface area contributed by atoms with Gasteiger partial charge in [0.25, 0.3) is 0 Å². The van der Waals surface area contributed by atoms with Crippen LogP contribution in [0.25, 0.3) is 0 Å². The predicted octanol–water partition coefficient (Wildman–Crippen LogP) is 6.94. The Morgan fingerprint density at radius 1 is 0.857 bits per heavy atom.